The molecule has 5 heteroatoms. The van der Waals surface area contributed by atoms with E-state index in [1.54, 1.807) is 0 Å². The van der Waals surface area contributed by atoms with Gasteiger partial charge < -0.3 is 0 Å². The van der Waals surface area contributed by atoms with Crippen molar-refractivity contribution in [2.45, 2.75) is 0 Å². The molecule has 0 amide bonds. The van der Waals surface area contributed by atoms with E-state index in [-0.39, 0.29) is 0 Å². The first-order valence-electron chi connectivity index (χ1n) is 18.7. The minimum Gasteiger partial charge on any atom is -0.208 e. The standard InChI is InChI=1S/C51H31N3S2/c1-4-14-32(15-5-1)34-26-28-36(29-27-34)50-52-49(35-18-8-3-9-19-35)53-51(54-50)41-23-12-22-40-46-38(21-13-25-44(46)56-48(40)41)42-30-37(33-16-6-2-7-17-33)31-45-47(42)39-20-10-11-24-43(39)55-45/h1-31H. The van der Waals surface area contributed by atoms with Crippen molar-refractivity contribution in [3.63, 3.8) is 0 Å². The van der Waals surface area contributed by atoms with E-state index in [2.05, 4.69) is 164 Å². The summed E-state index contributed by atoms with van der Waals surface area (Å²) in [5.41, 5.74) is 10.2. The van der Waals surface area contributed by atoms with Crippen molar-refractivity contribution in [2.75, 3.05) is 0 Å². The third-order valence-electron chi connectivity index (χ3n) is 10.6. The molecule has 0 radical (unpaired) electrons. The van der Waals surface area contributed by atoms with Crippen LogP contribution in [0, 0.1) is 0 Å². The van der Waals surface area contributed by atoms with Crippen LogP contribution in [-0.4, -0.2) is 15.0 Å². The average Bonchev–Trinajstić information content (AvgIpc) is 3.86. The molecule has 0 saturated carbocycles. The molecule has 0 unspecified atom stereocenters. The lowest BCUT2D eigenvalue weighted by atomic mass is 9.92. The van der Waals surface area contributed by atoms with Gasteiger partial charge in [0.1, 0.15) is 0 Å². The molecule has 0 aliphatic heterocycles. The summed E-state index contributed by atoms with van der Waals surface area (Å²) in [4.78, 5) is 15.4. The van der Waals surface area contributed by atoms with Gasteiger partial charge in [-0.2, -0.15) is 0 Å². The Kier molecular flexibility index (Phi) is 7.87. The molecule has 0 aliphatic rings. The molecule has 0 saturated heterocycles. The third kappa shape index (κ3) is 5.60. The van der Waals surface area contributed by atoms with Crippen molar-refractivity contribution in [1.82, 2.24) is 15.0 Å². The molecule has 56 heavy (non-hydrogen) atoms. The van der Waals surface area contributed by atoms with E-state index in [4.69, 9.17) is 15.0 Å². The molecule has 11 rings (SSSR count). The SMILES string of the molecule is c1ccc(-c2ccc(-c3nc(-c4ccccc4)nc(-c4cccc5c4sc4cccc(-c6cc(-c7ccccc7)cc7sc8ccccc8c67)c45)n3)cc2)cc1. The van der Waals surface area contributed by atoms with Crippen LogP contribution in [0.25, 0.3) is 108 Å². The lowest BCUT2D eigenvalue weighted by Crippen LogP contribution is -2.00. The summed E-state index contributed by atoms with van der Waals surface area (Å²) >= 11 is 3.68. The topological polar surface area (TPSA) is 38.7 Å². The smallest absolute Gasteiger partial charge is 0.165 e. The lowest BCUT2D eigenvalue weighted by molar-refractivity contribution is 1.08. The van der Waals surface area contributed by atoms with Crippen LogP contribution < -0.4 is 0 Å². The minimum absolute atomic E-state index is 0.650. The monoisotopic (exact) mass is 749 g/mol. The second kappa shape index (κ2) is 13.5. The van der Waals surface area contributed by atoms with Gasteiger partial charge in [-0.15, -0.1) is 22.7 Å². The van der Waals surface area contributed by atoms with Gasteiger partial charge in [0.15, 0.2) is 17.5 Å². The van der Waals surface area contributed by atoms with E-state index in [0.29, 0.717) is 17.5 Å². The van der Waals surface area contributed by atoms with Crippen molar-refractivity contribution >= 4 is 63.0 Å². The van der Waals surface area contributed by atoms with Crippen molar-refractivity contribution in [3.05, 3.63) is 188 Å². The Bertz CT molecular complexity index is 3220. The zero-order valence-corrected chi connectivity index (χ0v) is 31.7. The van der Waals surface area contributed by atoms with E-state index >= 15 is 0 Å². The average molecular weight is 750 g/mol. The molecule has 262 valence electrons. The fourth-order valence-electron chi connectivity index (χ4n) is 7.90. The molecule has 3 nitrogen and oxygen atoms in total. The molecule has 3 aromatic heterocycles. The van der Waals surface area contributed by atoms with Gasteiger partial charge in [-0.3, -0.25) is 0 Å². The molecule has 0 fully saturated rings. The lowest BCUT2D eigenvalue weighted by Gasteiger charge is -2.12. The van der Waals surface area contributed by atoms with E-state index in [1.165, 1.54) is 63.5 Å². The normalized spacial score (nSPS) is 11.6. The molecule has 8 aromatic carbocycles. The van der Waals surface area contributed by atoms with Crippen LogP contribution >= 0.6 is 22.7 Å². The zero-order valence-electron chi connectivity index (χ0n) is 30.1. The van der Waals surface area contributed by atoms with Crippen LogP contribution in [0.3, 0.4) is 0 Å². The molecular formula is C51H31N3S2. The molecule has 0 N–H and O–H groups in total. The first-order valence-corrected chi connectivity index (χ1v) is 20.3. The second-order valence-corrected chi connectivity index (χ2v) is 16.1. The number of hydrogen-bond donors (Lipinski definition) is 0. The van der Waals surface area contributed by atoms with Gasteiger partial charge in [0.05, 0.1) is 0 Å². The maximum atomic E-state index is 5.20. The van der Waals surface area contributed by atoms with Gasteiger partial charge in [0.2, 0.25) is 0 Å². The maximum absolute atomic E-state index is 5.20. The fraction of sp³-hybridized carbons (Fsp3) is 0. The summed E-state index contributed by atoms with van der Waals surface area (Å²) < 4.78 is 4.99. The Morgan fingerprint density at radius 1 is 0.286 bits per heavy atom. The highest BCUT2D eigenvalue weighted by Crippen LogP contribution is 2.48. The Morgan fingerprint density at radius 2 is 0.786 bits per heavy atom. The number of nitrogens with zero attached hydrogens (tertiary/aromatic N) is 3. The predicted octanol–water partition coefficient (Wildman–Crippen LogP) is 14.6. The van der Waals surface area contributed by atoms with Gasteiger partial charge in [-0.05, 0) is 63.7 Å². The number of aromatic nitrogens is 3. The Hall–Kier alpha value is -6.79. The van der Waals surface area contributed by atoms with E-state index in [0.717, 1.165) is 27.0 Å². The number of benzene rings is 8. The van der Waals surface area contributed by atoms with E-state index in [9.17, 15) is 0 Å². The summed E-state index contributed by atoms with van der Waals surface area (Å²) in [6, 6.07) is 66.7. The first kappa shape index (κ1) is 32.6. The second-order valence-electron chi connectivity index (χ2n) is 13.9. The Balaban J connectivity index is 1.12. The number of thiophene rings is 2. The third-order valence-corrected chi connectivity index (χ3v) is 12.9. The quantitative estimate of drug-likeness (QED) is 0.170. The largest absolute Gasteiger partial charge is 0.208 e. The summed E-state index contributed by atoms with van der Waals surface area (Å²) in [5, 5.41) is 5.06. The van der Waals surface area contributed by atoms with Crippen molar-refractivity contribution < 1.29 is 0 Å². The Morgan fingerprint density at radius 3 is 1.52 bits per heavy atom. The number of fused-ring (bicyclic) bond motifs is 6. The summed E-state index contributed by atoms with van der Waals surface area (Å²) in [5.74, 6) is 1.97. The Labute approximate surface area is 331 Å². The molecule has 3 heterocycles. The van der Waals surface area contributed by atoms with Crippen molar-refractivity contribution in [3.8, 4) is 67.5 Å². The highest BCUT2D eigenvalue weighted by atomic mass is 32.1. The number of rotatable bonds is 6. The first-order chi connectivity index (χ1) is 27.7. The summed E-state index contributed by atoms with van der Waals surface area (Å²) in [6.45, 7) is 0. The van der Waals surface area contributed by atoms with Crippen LogP contribution in [0.2, 0.25) is 0 Å². The molecule has 0 aliphatic carbocycles. The summed E-state index contributed by atoms with van der Waals surface area (Å²) in [7, 11) is 0. The van der Waals surface area contributed by atoms with Gasteiger partial charge in [0.25, 0.3) is 0 Å². The van der Waals surface area contributed by atoms with Gasteiger partial charge in [-0.1, -0.05) is 158 Å². The molecular weight excluding hydrogens is 719 g/mol. The van der Waals surface area contributed by atoms with Crippen LogP contribution in [0.5, 0.6) is 0 Å². The van der Waals surface area contributed by atoms with Crippen LogP contribution in [0.15, 0.2) is 188 Å². The molecule has 0 spiro atoms. The minimum atomic E-state index is 0.650. The maximum Gasteiger partial charge on any atom is 0.165 e. The predicted molar refractivity (Wildman–Crippen MR) is 238 cm³/mol. The van der Waals surface area contributed by atoms with E-state index < -0.39 is 0 Å². The molecule has 0 bridgehead atoms. The van der Waals surface area contributed by atoms with Gasteiger partial charge in [-0.25, -0.2) is 15.0 Å². The molecule has 0 atom stereocenters. The van der Waals surface area contributed by atoms with Crippen molar-refractivity contribution in [2.24, 2.45) is 0 Å². The van der Waals surface area contributed by atoms with Crippen LogP contribution in [0.4, 0.5) is 0 Å². The van der Waals surface area contributed by atoms with Crippen LogP contribution in [-0.2, 0) is 0 Å². The van der Waals surface area contributed by atoms with Crippen LogP contribution in [0.1, 0.15) is 0 Å². The van der Waals surface area contributed by atoms with Gasteiger partial charge >= 0.3 is 0 Å². The summed E-state index contributed by atoms with van der Waals surface area (Å²) in [6.07, 6.45) is 0. The highest BCUT2D eigenvalue weighted by molar-refractivity contribution is 7.26. The zero-order chi connectivity index (χ0) is 37.0. The van der Waals surface area contributed by atoms with Crippen molar-refractivity contribution in [1.29, 1.82) is 0 Å². The highest BCUT2D eigenvalue weighted by Gasteiger charge is 2.21. The van der Waals surface area contributed by atoms with Gasteiger partial charge in [0, 0.05) is 57.0 Å². The fourth-order valence-corrected chi connectivity index (χ4v) is 10.3. The van der Waals surface area contributed by atoms with E-state index in [1.807, 2.05) is 46.9 Å². The molecule has 11 aromatic rings. The number of hydrogen-bond acceptors (Lipinski definition) is 5.